The van der Waals surface area contributed by atoms with Gasteiger partial charge in [0.2, 0.25) is 5.24 Å². The first-order chi connectivity index (χ1) is 7.52. The van der Waals surface area contributed by atoms with E-state index in [-0.39, 0.29) is 26.1 Å². The van der Waals surface area contributed by atoms with Crippen molar-refractivity contribution in [1.82, 2.24) is 0 Å². The summed E-state index contributed by atoms with van der Waals surface area (Å²) in [6.07, 6.45) is 0.787. The third-order valence-corrected chi connectivity index (χ3v) is 1.71. The standard InChI is InChI=1S/C8H12ClNO6/c9-7(11)3-4-8(12)15-5-1-2-6-16-10(13)14/h1-6H2. The molecular formula is C8H12ClNO6. The lowest BCUT2D eigenvalue weighted by atomic mass is 10.3. The van der Waals surface area contributed by atoms with E-state index in [1.807, 2.05) is 0 Å². The van der Waals surface area contributed by atoms with Crippen LogP contribution in [0, 0.1) is 10.1 Å². The molecule has 0 spiro atoms. The predicted molar refractivity (Wildman–Crippen MR) is 53.2 cm³/mol. The molecule has 7 nitrogen and oxygen atoms in total. The lowest BCUT2D eigenvalue weighted by Crippen LogP contribution is -2.08. The molecule has 0 aliphatic heterocycles. The van der Waals surface area contributed by atoms with E-state index in [0.717, 1.165) is 0 Å². The average molecular weight is 254 g/mol. The van der Waals surface area contributed by atoms with Gasteiger partial charge in [-0.3, -0.25) is 9.59 Å². The first-order valence-electron chi connectivity index (χ1n) is 4.63. The number of carbonyl (C=O) groups is 2. The molecule has 0 aliphatic rings. The van der Waals surface area contributed by atoms with E-state index in [9.17, 15) is 19.7 Å². The van der Waals surface area contributed by atoms with E-state index in [1.165, 1.54) is 0 Å². The van der Waals surface area contributed by atoms with E-state index >= 15 is 0 Å². The van der Waals surface area contributed by atoms with Gasteiger partial charge in [0, 0.05) is 6.42 Å². The number of esters is 1. The molecule has 0 aromatic carbocycles. The van der Waals surface area contributed by atoms with Gasteiger partial charge in [-0.2, -0.15) is 0 Å². The molecule has 8 heteroatoms. The van der Waals surface area contributed by atoms with Crippen LogP contribution in [-0.2, 0) is 19.2 Å². The third-order valence-electron chi connectivity index (χ3n) is 1.52. The molecule has 0 bridgehead atoms. The van der Waals surface area contributed by atoms with Crippen LogP contribution in [0.5, 0.6) is 0 Å². The summed E-state index contributed by atoms with van der Waals surface area (Å²) in [5.74, 6) is -0.510. The van der Waals surface area contributed by atoms with Crippen LogP contribution in [0.15, 0.2) is 0 Å². The molecule has 0 saturated carbocycles. The topological polar surface area (TPSA) is 95.7 Å². The molecule has 0 rings (SSSR count). The molecule has 0 unspecified atom stereocenters. The number of carbonyl (C=O) groups excluding carboxylic acids is 2. The molecule has 0 saturated heterocycles. The minimum Gasteiger partial charge on any atom is -0.466 e. The van der Waals surface area contributed by atoms with E-state index in [0.29, 0.717) is 12.8 Å². The summed E-state index contributed by atoms with van der Waals surface area (Å²) in [5.41, 5.74) is 0. The van der Waals surface area contributed by atoms with Crippen molar-refractivity contribution in [2.75, 3.05) is 13.2 Å². The lowest BCUT2D eigenvalue weighted by Gasteiger charge is -2.03. The van der Waals surface area contributed by atoms with Crippen LogP contribution >= 0.6 is 11.6 Å². The first kappa shape index (κ1) is 14.6. The Kier molecular flexibility index (Phi) is 8.14. The van der Waals surface area contributed by atoms with Gasteiger partial charge in [-0.25, -0.2) is 0 Å². The van der Waals surface area contributed by atoms with E-state index in [1.54, 1.807) is 0 Å². The second-order valence-electron chi connectivity index (χ2n) is 2.84. The highest BCUT2D eigenvalue weighted by atomic mass is 35.5. The fourth-order valence-electron chi connectivity index (χ4n) is 0.802. The van der Waals surface area contributed by atoms with Gasteiger partial charge in [0.25, 0.3) is 5.09 Å². The molecule has 0 amide bonds. The number of hydrogen-bond acceptors (Lipinski definition) is 6. The second-order valence-corrected chi connectivity index (χ2v) is 3.26. The van der Waals surface area contributed by atoms with Gasteiger partial charge in [0.1, 0.15) is 0 Å². The van der Waals surface area contributed by atoms with Crippen LogP contribution in [-0.4, -0.2) is 29.5 Å². The normalized spacial score (nSPS) is 9.56. The summed E-state index contributed by atoms with van der Waals surface area (Å²) in [4.78, 5) is 35.0. The number of halogens is 1. The van der Waals surface area contributed by atoms with Gasteiger partial charge in [0.05, 0.1) is 19.6 Å². The van der Waals surface area contributed by atoms with Crippen molar-refractivity contribution in [3.8, 4) is 0 Å². The summed E-state index contributed by atoms with van der Waals surface area (Å²) in [6.45, 7) is 0.126. The Bertz CT molecular complexity index is 257. The zero-order valence-electron chi connectivity index (χ0n) is 8.52. The number of rotatable bonds is 9. The van der Waals surface area contributed by atoms with Crippen LogP contribution in [0.1, 0.15) is 25.7 Å². The Morgan fingerprint density at radius 2 is 1.81 bits per heavy atom. The summed E-state index contributed by atoms with van der Waals surface area (Å²) in [7, 11) is 0. The van der Waals surface area contributed by atoms with Crippen LogP contribution in [0.4, 0.5) is 0 Å². The molecule has 0 atom stereocenters. The lowest BCUT2D eigenvalue weighted by molar-refractivity contribution is -0.757. The van der Waals surface area contributed by atoms with Crippen molar-refractivity contribution in [1.29, 1.82) is 0 Å². The monoisotopic (exact) mass is 253 g/mol. The predicted octanol–water partition coefficient (Wildman–Crippen LogP) is 1.06. The van der Waals surface area contributed by atoms with Gasteiger partial charge in [0.15, 0.2) is 0 Å². The van der Waals surface area contributed by atoms with E-state index in [2.05, 4.69) is 4.84 Å². The summed E-state index contributed by atoms with van der Waals surface area (Å²) in [5, 5.41) is 8.28. The van der Waals surface area contributed by atoms with Gasteiger partial charge in [-0.15, -0.1) is 10.1 Å². The summed E-state index contributed by atoms with van der Waals surface area (Å²) in [6, 6.07) is 0. The van der Waals surface area contributed by atoms with Gasteiger partial charge in [-0.05, 0) is 24.4 Å². The Hall–Kier alpha value is -1.37. The molecule has 92 valence electrons. The van der Waals surface area contributed by atoms with Crippen molar-refractivity contribution < 1.29 is 24.3 Å². The summed E-state index contributed by atoms with van der Waals surface area (Å²) < 4.78 is 4.72. The molecule has 0 aromatic heterocycles. The van der Waals surface area contributed by atoms with Gasteiger partial charge >= 0.3 is 5.97 Å². The molecule has 0 aliphatic carbocycles. The van der Waals surface area contributed by atoms with Crippen molar-refractivity contribution in [2.24, 2.45) is 0 Å². The van der Waals surface area contributed by atoms with E-state index < -0.39 is 16.3 Å². The first-order valence-corrected chi connectivity index (χ1v) is 5.01. The number of unbranched alkanes of at least 4 members (excludes halogenated alkanes) is 1. The highest BCUT2D eigenvalue weighted by Gasteiger charge is 2.05. The van der Waals surface area contributed by atoms with Gasteiger partial charge in [-0.1, -0.05) is 0 Å². The molecule has 0 N–H and O–H groups in total. The number of hydrogen-bond donors (Lipinski definition) is 0. The zero-order chi connectivity index (χ0) is 12.4. The SMILES string of the molecule is O=C(Cl)CCC(=O)OCCCCO[N+](=O)[O-]. The van der Waals surface area contributed by atoms with Crippen molar-refractivity contribution in [2.45, 2.75) is 25.7 Å². The zero-order valence-corrected chi connectivity index (χ0v) is 9.27. The van der Waals surface area contributed by atoms with Crippen LogP contribution in [0.2, 0.25) is 0 Å². The van der Waals surface area contributed by atoms with Crippen LogP contribution in [0.3, 0.4) is 0 Å². The van der Waals surface area contributed by atoms with Gasteiger partial charge < -0.3 is 9.57 Å². The van der Waals surface area contributed by atoms with Crippen molar-refractivity contribution in [3.63, 3.8) is 0 Å². The fourth-order valence-corrected chi connectivity index (χ4v) is 0.896. The Balaban J connectivity index is 3.27. The maximum atomic E-state index is 10.9. The maximum Gasteiger partial charge on any atom is 0.306 e. The number of ether oxygens (including phenoxy) is 1. The Morgan fingerprint density at radius 1 is 1.19 bits per heavy atom. The quantitative estimate of drug-likeness (QED) is 0.200. The highest BCUT2D eigenvalue weighted by Crippen LogP contribution is 1.99. The molecule has 0 radical (unpaired) electrons. The van der Waals surface area contributed by atoms with E-state index in [4.69, 9.17) is 16.3 Å². The fraction of sp³-hybridized carbons (Fsp3) is 0.750. The van der Waals surface area contributed by atoms with Crippen molar-refractivity contribution >= 4 is 22.8 Å². The van der Waals surface area contributed by atoms with Crippen molar-refractivity contribution in [3.05, 3.63) is 10.1 Å². The third kappa shape index (κ3) is 10.7. The Morgan fingerprint density at radius 3 is 2.38 bits per heavy atom. The minimum absolute atomic E-state index is 0.0231. The smallest absolute Gasteiger partial charge is 0.306 e. The molecule has 16 heavy (non-hydrogen) atoms. The largest absolute Gasteiger partial charge is 0.466 e. The molecule has 0 fully saturated rings. The minimum atomic E-state index is -0.877. The van der Waals surface area contributed by atoms with Crippen LogP contribution in [0.25, 0.3) is 0 Å². The maximum absolute atomic E-state index is 10.9. The molecule has 0 heterocycles. The highest BCUT2D eigenvalue weighted by molar-refractivity contribution is 6.63. The molecular weight excluding hydrogens is 242 g/mol. The second kappa shape index (κ2) is 8.90. The average Bonchev–Trinajstić information content (AvgIpc) is 2.19. The Labute approximate surface area is 96.8 Å². The number of nitrogens with zero attached hydrogens (tertiary/aromatic N) is 1. The molecule has 0 aromatic rings. The summed E-state index contributed by atoms with van der Waals surface area (Å²) >= 11 is 5.03. The van der Waals surface area contributed by atoms with Crippen LogP contribution < -0.4 is 0 Å².